The minimum Gasteiger partial charge on any atom is -0.335 e. The molecule has 0 saturated heterocycles. The highest BCUT2D eigenvalue weighted by molar-refractivity contribution is 8.14. The standard InChI is InChI=1S/C21H22N6OS/c1-15(16-7-9-17(10-8-16)24-21-22-11-4-12-29-21)25-26-20(28)13-27-14-23-18-5-2-3-6-19(18)27/h2-3,5-10,14H,4,11-13H2,1H3,(H,22,24)(H,26,28)/b25-15-. The number of aliphatic imine (C=N–C) groups is 1. The van der Waals surface area contributed by atoms with Crippen molar-refractivity contribution in [3.63, 3.8) is 0 Å². The fourth-order valence-corrected chi connectivity index (χ4v) is 3.83. The average Bonchev–Trinajstić information content (AvgIpc) is 3.16. The molecule has 0 spiro atoms. The van der Waals surface area contributed by atoms with Crippen molar-refractivity contribution in [1.82, 2.24) is 15.0 Å². The van der Waals surface area contributed by atoms with Crippen LogP contribution in [0.2, 0.25) is 0 Å². The summed E-state index contributed by atoms with van der Waals surface area (Å²) < 4.78 is 1.81. The molecule has 148 valence electrons. The highest BCUT2D eigenvalue weighted by Crippen LogP contribution is 2.17. The molecule has 7 nitrogen and oxygen atoms in total. The molecule has 0 bridgehead atoms. The molecule has 1 aliphatic rings. The topological polar surface area (TPSA) is 83.7 Å². The molecule has 0 aliphatic carbocycles. The van der Waals surface area contributed by atoms with Gasteiger partial charge in [-0.15, -0.1) is 0 Å². The Labute approximate surface area is 173 Å². The number of para-hydroxylation sites is 2. The number of fused-ring (bicyclic) bond motifs is 1. The van der Waals surface area contributed by atoms with E-state index in [4.69, 9.17) is 0 Å². The first kappa shape index (κ1) is 19.2. The first-order chi connectivity index (χ1) is 14.2. The fraction of sp³-hybridized carbons (Fsp3) is 0.238. The lowest BCUT2D eigenvalue weighted by molar-refractivity contribution is -0.121. The number of benzene rings is 2. The Kier molecular flexibility index (Phi) is 5.90. The molecule has 0 saturated carbocycles. The fourth-order valence-electron chi connectivity index (χ4n) is 2.99. The molecule has 4 rings (SSSR count). The van der Waals surface area contributed by atoms with Gasteiger partial charge in [0.05, 0.1) is 23.1 Å². The monoisotopic (exact) mass is 406 g/mol. The number of nitrogens with one attached hydrogen (secondary N) is 2. The maximum absolute atomic E-state index is 12.3. The van der Waals surface area contributed by atoms with E-state index in [9.17, 15) is 4.79 Å². The lowest BCUT2D eigenvalue weighted by Crippen LogP contribution is -2.24. The van der Waals surface area contributed by atoms with Crippen LogP contribution in [0.3, 0.4) is 0 Å². The van der Waals surface area contributed by atoms with Crippen molar-refractivity contribution < 1.29 is 4.79 Å². The molecule has 2 heterocycles. The van der Waals surface area contributed by atoms with Crippen LogP contribution in [0, 0.1) is 0 Å². The lowest BCUT2D eigenvalue weighted by Gasteiger charge is -2.13. The van der Waals surface area contributed by atoms with Crippen molar-refractivity contribution in [1.29, 1.82) is 0 Å². The average molecular weight is 407 g/mol. The van der Waals surface area contributed by atoms with E-state index in [-0.39, 0.29) is 12.5 Å². The molecule has 2 N–H and O–H groups in total. The van der Waals surface area contributed by atoms with Gasteiger partial charge >= 0.3 is 0 Å². The highest BCUT2D eigenvalue weighted by atomic mass is 32.2. The van der Waals surface area contributed by atoms with E-state index >= 15 is 0 Å². The third-order valence-corrected chi connectivity index (χ3v) is 5.54. The number of imidazole rings is 1. The molecule has 3 aromatic rings. The zero-order valence-electron chi connectivity index (χ0n) is 16.1. The molecule has 0 unspecified atom stereocenters. The lowest BCUT2D eigenvalue weighted by atomic mass is 10.1. The second kappa shape index (κ2) is 8.91. The van der Waals surface area contributed by atoms with E-state index in [2.05, 4.69) is 25.8 Å². The second-order valence-corrected chi connectivity index (χ2v) is 7.77. The van der Waals surface area contributed by atoms with Gasteiger partial charge in [-0.2, -0.15) is 5.10 Å². The van der Waals surface area contributed by atoms with E-state index in [0.29, 0.717) is 0 Å². The Morgan fingerprint density at radius 2 is 2.03 bits per heavy atom. The number of carbonyl (C=O) groups excluding carboxylic acids is 1. The summed E-state index contributed by atoms with van der Waals surface area (Å²) in [6.07, 6.45) is 2.80. The minimum atomic E-state index is -0.196. The number of nitrogens with zero attached hydrogens (tertiary/aromatic N) is 4. The Hall–Kier alpha value is -3.13. The van der Waals surface area contributed by atoms with E-state index < -0.39 is 0 Å². The predicted molar refractivity (Wildman–Crippen MR) is 120 cm³/mol. The minimum absolute atomic E-state index is 0.167. The summed E-state index contributed by atoms with van der Waals surface area (Å²) in [6, 6.07) is 15.7. The van der Waals surface area contributed by atoms with E-state index in [1.807, 2.05) is 60.0 Å². The molecule has 29 heavy (non-hydrogen) atoms. The van der Waals surface area contributed by atoms with Gasteiger partial charge in [-0.1, -0.05) is 36.0 Å². The zero-order chi connectivity index (χ0) is 20.1. The number of carbonyl (C=O) groups is 1. The van der Waals surface area contributed by atoms with E-state index in [1.54, 1.807) is 18.1 Å². The Balaban J connectivity index is 1.35. The second-order valence-electron chi connectivity index (χ2n) is 6.68. The van der Waals surface area contributed by atoms with Crippen molar-refractivity contribution in [2.24, 2.45) is 10.1 Å². The highest BCUT2D eigenvalue weighted by Gasteiger charge is 2.08. The van der Waals surface area contributed by atoms with Crippen molar-refractivity contribution in [3.8, 4) is 0 Å². The Bertz CT molecular complexity index is 1070. The van der Waals surface area contributed by atoms with Gasteiger partial charge in [-0.05, 0) is 43.2 Å². The maximum Gasteiger partial charge on any atom is 0.260 e. The number of anilines is 1. The summed E-state index contributed by atoms with van der Waals surface area (Å²) in [5, 5.41) is 8.53. The van der Waals surface area contributed by atoms with Gasteiger partial charge in [0.2, 0.25) is 0 Å². The molecule has 1 aliphatic heterocycles. The van der Waals surface area contributed by atoms with Gasteiger partial charge in [0.1, 0.15) is 6.54 Å². The normalized spacial score (nSPS) is 14.5. The van der Waals surface area contributed by atoms with Gasteiger partial charge in [0.15, 0.2) is 5.17 Å². The largest absolute Gasteiger partial charge is 0.335 e. The first-order valence-electron chi connectivity index (χ1n) is 9.47. The number of hydrogen-bond donors (Lipinski definition) is 2. The number of aromatic nitrogens is 2. The zero-order valence-corrected chi connectivity index (χ0v) is 16.9. The molecular formula is C21H22N6OS. The van der Waals surface area contributed by atoms with Crippen LogP contribution in [0.5, 0.6) is 0 Å². The maximum atomic E-state index is 12.3. The number of amidine groups is 1. The number of amides is 1. The summed E-state index contributed by atoms with van der Waals surface area (Å²) >= 11 is 1.74. The summed E-state index contributed by atoms with van der Waals surface area (Å²) in [7, 11) is 0. The van der Waals surface area contributed by atoms with Gasteiger partial charge in [-0.3, -0.25) is 9.79 Å². The van der Waals surface area contributed by atoms with Crippen LogP contribution in [-0.4, -0.2) is 38.6 Å². The predicted octanol–water partition coefficient (Wildman–Crippen LogP) is 3.48. The number of rotatable bonds is 5. The van der Waals surface area contributed by atoms with Crippen molar-refractivity contribution in [2.75, 3.05) is 17.6 Å². The van der Waals surface area contributed by atoms with Crippen LogP contribution in [-0.2, 0) is 11.3 Å². The Morgan fingerprint density at radius 3 is 2.83 bits per heavy atom. The first-order valence-corrected chi connectivity index (χ1v) is 10.5. The van der Waals surface area contributed by atoms with Crippen LogP contribution >= 0.6 is 11.8 Å². The van der Waals surface area contributed by atoms with Crippen LogP contribution in [0.25, 0.3) is 11.0 Å². The van der Waals surface area contributed by atoms with Crippen LogP contribution in [0.4, 0.5) is 5.69 Å². The quantitative estimate of drug-likeness (QED) is 0.502. The Morgan fingerprint density at radius 1 is 1.21 bits per heavy atom. The molecule has 8 heteroatoms. The number of hydrogen-bond acceptors (Lipinski definition) is 6. The van der Waals surface area contributed by atoms with Crippen LogP contribution in [0.1, 0.15) is 18.9 Å². The molecule has 2 aromatic carbocycles. The summed E-state index contributed by atoms with van der Waals surface area (Å²) in [4.78, 5) is 21.0. The summed E-state index contributed by atoms with van der Waals surface area (Å²) in [5.74, 6) is 0.905. The molecule has 0 radical (unpaired) electrons. The molecule has 1 amide bonds. The molecule has 1 aromatic heterocycles. The summed E-state index contributed by atoms with van der Waals surface area (Å²) in [5.41, 5.74) is 7.10. The third-order valence-electron chi connectivity index (χ3n) is 4.54. The van der Waals surface area contributed by atoms with Gasteiger partial charge < -0.3 is 9.88 Å². The van der Waals surface area contributed by atoms with Gasteiger partial charge in [-0.25, -0.2) is 10.4 Å². The van der Waals surface area contributed by atoms with E-state index in [1.165, 1.54) is 0 Å². The molecule has 0 fully saturated rings. The smallest absolute Gasteiger partial charge is 0.260 e. The SMILES string of the molecule is C/C(=N/NC(=O)Cn1cnc2ccccc21)c1ccc(NC2=NCCCS2)cc1. The molecular weight excluding hydrogens is 384 g/mol. The molecule has 0 atom stereocenters. The van der Waals surface area contributed by atoms with Crippen molar-refractivity contribution >= 4 is 45.3 Å². The van der Waals surface area contributed by atoms with Gasteiger partial charge in [0, 0.05) is 18.0 Å². The van der Waals surface area contributed by atoms with E-state index in [0.717, 1.165) is 51.9 Å². The van der Waals surface area contributed by atoms with Crippen molar-refractivity contribution in [3.05, 3.63) is 60.4 Å². The van der Waals surface area contributed by atoms with Crippen LogP contribution in [0.15, 0.2) is 65.0 Å². The van der Waals surface area contributed by atoms with Crippen molar-refractivity contribution in [2.45, 2.75) is 19.9 Å². The summed E-state index contributed by atoms with van der Waals surface area (Å²) in [6.45, 7) is 2.92. The number of thioether (sulfide) groups is 1. The number of hydrazone groups is 1. The van der Waals surface area contributed by atoms with Gasteiger partial charge in [0.25, 0.3) is 5.91 Å². The van der Waals surface area contributed by atoms with Crippen LogP contribution < -0.4 is 10.7 Å². The third kappa shape index (κ3) is 4.83.